The van der Waals surface area contributed by atoms with E-state index in [1.165, 1.54) is 12.8 Å². The fourth-order valence-electron chi connectivity index (χ4n) is 5.41. The Labute approximate surface area is 228 Å². The summed E-state index contributed by atoms with van der Waals surface area (Å²) in [5, 5.41) is 6.18. The summed E-state index contributed by atoms with van der Waals surface area (Å²) in [6.07, 6.45) is 10.2. The van der Waals surface area contributed by atoms with E-state index in [1.807, 2.05) is 13.8 Å². The molecule has 1 aliphatic heterocycles. The third-order valence-corrected chi connectivity index (χ3v) is 7.54. The first-order valence-corrected chi connectivity index (χ1v) is 13.4. The second-order valence-electron chi connectivity index (χ2n) is 10.8. The molecule has 39 heavy (non-hydrogen) atoms. The zero-order chi connectivity index (χ0) is 27.6. The molecule has 0 saturated heterocycles. The summed E-state index contributed by atoms with van der Waals surface area (Å²) in [6, 6.07) is 5.55. The number of aromatic nitrogens is 4. The molecule has 3 heterocycles. The van der Waals surface area contributed by atoms with Crippen LogP contribution < -0.4 is 25.2 Å². The number of hydrogen-bond acceptors (Lipinski definition) is 8. The first kappa shape index (κ1) is 26.5. The molecule has 11 heteroatoms. The van der Waals surface area contributed by atoms with Gasteiger partial charge in [-0.1, -0.05) is 12.8 Å². The number of H-pyrrole nitrogens is 1. The third kappa shape index (κ3) is 5.52. The number of carbonyl (C=O) groups excluding carboxylic acids is 2. The first-order valence-electron chi connectivity index (χ1n) is 13.4. The lowest BCUT2D eigenvalue weighted by atomic mass is 9.91. The van der Waals surface area contributed by atoms with Crippen molar-refractivity contribution >= 4 is 35.0 Å². The Morgan fingerprint density at radius 1 is 1.23 bits per heavy atom. The van der Waals surface area contributed by atoms with Crippen LogP contribution in [0.25, 0.3) is 0 Å². The highest BCUT2D eigenvalue weighted by molar-refractivity contribution is 6.01. The largest absolute Gasteiger partial charge is 0.495 e. The second-order valence-corrected chi connectivity index (χ2v) is 10.8. The molecule has 2 aliphatic rings. The average molecular weight is 533 g/mol. The number of aromatic amines is 1. The van der Waals surface area contributed by atoms with Crippen molar-refractivity contribution in [2.45, 2.75) is 52.0 Å². The van der Waals surface area contributed by atoms with E-state index in [4.69, 9.17) is 9.72 Å². The molecule has 1 fully saturated rings. The number of methoxy groups -OCH3 is 1. The summed E-state index contributed by atoms with van der Waals surface area (Å²) in [7, 11) is 3.35. The van der Waals surface area contributed by atoms with E-state index >= 15 is 0 Å². The van der Waals surface area contributed by atoms with Crippen LogP contribution in [0.4, 0.5) is 23.1 Å². The smallest absolute Gasteiger partial charge is 0.251 e. The minimum absolute atomic E-state index is 0.0497. The van der Waals surface area contributed by atoms with E-state index in [1.54, 1.807) is 56.0 Å². The van der Waals surface area contributed by atoms with Gasteiger partial charge in [-0.05, 0) is 44.9 Å². The predicted octanol–water partition coefficient (Wildman–Crippen LogP) is 3.68. The number of amides is 2. The van der Waals surface area contributed by atoms with Crippen LogP contribution in [0.5, 0.6) is 5.75 Å². The fraction of sp³-hybridized carbons (Fsp3) is 0.464. The maximum Gasteiger partial charge on any atom is 0.251 e. The van der Waals surface area contributed by atoms with Crippen LogP contribution in [0.2, 0.25) is 0 Å². The molecular formula is C28H36N8O3. The molecule has 1 saturated carbocycles. The van der Waals surface area contributed by atoms with Gasteiger partial charge in [0.25, 0.3) is 5.91 Å². The fourth-order valence-corrected chi connectivity index (χ4v) is 5.41. The molecule has 3 aromatic rings. The van der Waals surface area contributed by atoms with Gasteiger partial charge in [0, 0.05) is 50.1 Å². The Bertz CT molecular complexity index is 1330. The van der Waals surface area contributed by atoms with Crippen molar-refractivity contribution in [3.8, 4) is 5.75 Å². The van der Waals surface area contributed by atoms with Crippen molar-refractivity contribution in [3.05, 3.63) is 48.2 Å². The van der Waals surface area contributed by atoms with Crippen molar-refractivity contribution < 1.29 is 14.3 Å². The van der Waals surface area contributed by atoms with Crippen LogP contribution in [0, 0.1) is 5.41 Å². The van der Waals surface area contributed by atoms with Gasteiger partial charge in [-0.25, -0.2) is 9.97 Å². The molecule has 0 unspecified atom stereocenters. The average Bonchev–Trinajstić information content (AvgIpc) is 3.65. The minimum atomic E-state index is -0.552. The Morgan fingerprint density at radius 2 is 2.03 bits per heavy atom. The van der Waals surface area contributed by atoms with Crippen LogP contribution in [0.3, 0.4) is 0 Å². The lowest BCUT2D eigenvalue weighted by Gasteiger charge is -2.34. The van der Waals surface area contributed by atoms with Crippen molar-refractivity contribution in [1.82, 2.24) is 25.3 Å². The lowest BCUT2D eigenvalue weighted by Crippen LogP contribution is -2.45. The SMILES string of the molecule is COc1cc(C(=O)NCCc2cnc[nH]2)ccc1Nc1ncc2c(n1)N(C1CCCC1)CC(C)(C)C(=O)N2C. The van der Waals surface area contributed by atoms with E-state index in [9.17, 15) is 9.59 Å². The maximum absolute atomic E-state index is 13.2. The highest BCUT2D eigenvalue weighted by Gasteiger charge is 2.41. The van der Waals surface area contributed by atoms with E-state index in [-0.39, 0.29) is 11.8 Å². The number of rotatable bonds is 8. The molecule has 0 spiro atoms. The van der Waals surface area contributed by atoms with Gasteiger partial charge in [0.2, 0.25) is 11.9 Å². The predicted molar refractivity (Wildman–Crippen MR) is 150 cm³/mol. The number of benzene rings is 1. The van der Waals surface area contributed by atoms with Crippen LogP contribution in [-0.2, 0) is 11.2 Å². The number of hydrogen-bond donors (Lipinski definition) is 3. The summed E-state index contributed by atoms with van der Waals surface area (Å²) in [6.45, 7) is 5.06. The molecular weight excluding hydrogens is 496 g/mol. The topological polar surface area (TPSA) is 128 Å². The quantitative estimate of drug-likeness (QED) is 0.401. The zero-order valence-corrected chi connectivity index (χ0v) is 23.0. The van der Waals surface area contributed by atoms with E-state index < -0.39 is 5.41 Å². The Hall–Kier alpha value is -4.15. The van der Waals surface area contributed by atoms with Gasteiger partial charge in [-0.2, -0.15) is 4.98 Å². The Morgan fingerprint density at radius 3 is 2.74 bits per heavy atom. The summed E-state index contributed by atoms with van der Waals surface area (Å²) in [4.78, 5) is 46.4. The highest BCUT2D eigenvalue weighted by Crippen LogP contribution is 2.40. The summed E-state index contributed by atoms with van der Waals surface area (Å²) >= 11 is 0. The van der Waals surface area contributed by atoms with Gasteiger partial charge in [0.1, 0.15) is 11.4 Å². The van der Waals surface area contributed by atoms with Crippen LogP contribution in [-0.4, -0.2) is 65.0 Å². The third-order valence-electron chi connectivity index (χ3n) is 7.54. The monoisotopic (exact) mass is 532 g/mol. The van der Waals surface area contributed by atoms with Gasteiger partial charge in [0.15, 0.2) is 5.82 Å². The molecule has 11 nitrogen and oxygen atoms in total. The number of carbonyl (C=O) groups is 2. The Kier molecular flexibility index (Phi) is 7.40. The van der Waals surface area contributed by atoms with E-state index in [0.29, 0.717) is 54.2 Å². The molecule has 3 N–H and O–H groups in total. The molecule has 1 aromatic carbocycles. The number of anilines is 4. The standard InChI is InChI=1S/C28H36N8O3/c1-28(2)16-36(20-7-5-6-8-20)24-22(35(3)26(28)38)15-31-27(34-24)33-21-10-9-18(13-23(21)39-4)25(37)30-12-11-19-14-29-17-32-19/h9-10,13-15,17,20H,5-8,11-12,16H2,1-4H3,(H,29,32)(H,30,37)(H,31,33,34). The molecule has 206 valence electrons. The van der Waals surface area contributed by atoms with Crippen molar-refractivity contribution in [1.29, 1.82) is 0 Å². The lowest BCUT2D eigenvalue weighted by molar-refractivity contribution is -0.125. The van der Waals surface area contributed by atoms with Crippen LogP contribution >= 0.6 is 0 Å². The van der Waals surface area contributed by atoms with Gasteiger partial charge in [-0.3, -0.25) is 9.59 Å². The van der Waals surface area contributed by atoms with Crippen LogP contribution in [0.15, 0.2) is 36.9 Å². The molecule has 5 rings (SSSR count). The first-order chi connectivity index (χ1) is 18.8. The van der Waals surface area contributed by atoms with E-state index in [2.05, 4.69) is 30.5 Å². The van der Waals surface area contributed by atoms with Crippen molar-refractivity contribution in [2.75, 3.05) is 42.4 Å². The summed E-state index contributed by atoms with van der Waals surface area (Å²) in [5.74, 6) is 1.51. The summed E-state index contributed by atoms with van der Waals surface area (Å²) < 4.78 is 5.59. The second kappa shape index (κ2) is 10.9. The number of imidazole rings is 1. The maximum atomic E-state index is 13.2. The number of fused-ring (bicyclic) bond motifs is 1. The number of ether oxygens (including phenoxy) is 1. The van der Waals surface area contributed by atoms with Gasteiger partial charge in [0.05, 0.1) is 30.7 Å². The summed E-state index contributed by atoms with van der Waals surface area (Å²) in [5.41, 5.74) is 2.23. The van der Waals surface area contributed by atoms with Crippen molar-refractivity contribution in [2.24, 2.45) is 5.41 Å². The zero-order valence-electron chi connectivity index (χ0n) is 23.0. The number of nitrogens with zero attached hydrogens (tertiary/aromatic N) is 5. The molecule has 0 radical (unpaired) electrons. The Balaban J connectivity index is 1.37. The van der Waals surface area contributed by atoms with Gasteiger partial charge in [-0.15, -0.1) is 0 Å². The highest BCUT2D eigenvalue weighted by atomic mass is 16.5. The van der Waals surface area contributed by atoms with Gasteiger partial charge < -0.3 is 30.2 Å². The molecule has 0 atom stereocenters. The normalized spacial score (nSPS) is 17.1. The molecule has 1 aliphatic carbocycles. The van der Waals surface area contributed by atoms with E-state index in [0.717, 1.165) is 24.4 Å². The molecule has 2 amide bonds. The molecule has 2 aromatic heterocycles. The minimum Gasteiger partial charge on any atom is -0.495 e. The number of nitrogens with one attached hydrogen (secondary N) is 3. The van der Waals surface area contributed by atoms with Crippen LogP contribution in [0.1, 0.15) is 55.6 Å². The van der Waals surface area contributed by atoms with Gasteiger partial charge >= 0.3 is 0 Å². The molecule has 0 bridgehead atoms. The van der Waals surface area contributed by atoms with Crippen molar-refractivity contribution in [3.63, 3.8) is 0 Å².